The van der Waals surface area contributed by atoms with Gasteiger partial charge in [-0.15, -0.1) is 0 Å². The summed E-state index contributed by atoms with van der Waals surface area (Å²) in [6.45, 7) is 10.1. The Balaban J connectivity index is 1.95. The maximum atomic E-state index is 12.8. The van der Waals surface area contributed by atoms with Crippen LogP contribution >= 0.6 is 0 Å². The van der Waals surface area contributed by atoms with E-state index in [1.54, 1.807) is 16.7 Å². The normalized spacial score (nSPS) is 15.7. The summed E-state index contributed by atoms with van der Waals surface area (Å²) in [5.41, 5.74) is 2.22. The van der Waals surface area contributed by atoms with E-state index in [9.17, 15) is 9.59 Å². The van der Waals surface area contributed by atoms with Crippen molar-refractivity contribution in [2.75, 3.05) is 32.8 Å². The zero-order chi connectivity index (χ0) is 18.4. The highest BCUT2D eigenvalue weighted by Crippen LogP contribution is 2.19. The minimum atomic E-state index is -0.504. The third-order valence-electron chi connectivity index (χ3n) is 4.24. The minimum absolute atomic E-state index is 0.0230. The van der Waals surface area contributed by atoms with Crippen LogP contribution in [0.25, 0.3) is 0 Å². The average Bonchev–Trinajstić information content (AvgIpc) is 2.58. The largest absolute Gasteiger partial charge is 0.481 e. The molecular weight excluding hydrogens is 320 g/mol. The third-order valence-corrected chi connectivity index (χ3v) is 4.24. The van der Waals surface area contributed by atoms with Crippen LogP contribution in [0.5, 0.6) is 5.75 Å². The molecule has 0 aromatic heterocycles. The summed E-state index contributed by atoms with van der Waals surface area (Å²) in [6.07, 6.45) is -0.215. The molecule has 1 aromatic rings. The van der Waals surface area contributed by atoms with Crippen molar-refractivity contribution in [1.29, 1.82) is 0 Å². The molecule has 6 nitrogen and oxygen atoms in total. The lowest BCUT2D eigenvalue weighted by Gasteiger charge is -2.35. The first-order chi connectivity index (χ1) is 11.9. The van der Waals surface area contributed by atoms with Crippen LogP contribution in [0.3, 0.4) is 0 Å². The number of aryl methyl sites for hydroxylation is 2. The molecule has 1 atom stereocenters. The van der Waals surface area contributed by atoms with Crippen molar-refractivity contribution in [3.05, 3.63) is 29.3 Å². The van der Waals surface area contributed by atoms with Gasteiger partial charge in [0.15, 0.2) is 6.10 Å². The fraction of sp³-hybridized carbons (Fsp3) is 0.579. The van der Waals surface area contributed by atoms with E-state index in [4.69, 9.17) is 9.47 Å². The smallest absolute Gasteiger partial charge is 0.409 e. The van der Waals surface area contributed by atoms with Crippen molar-refractivity contribution in [1.82, 2.24) is 9.80 Å². The molecule has 0 N–H and O–H groups in total. The van der Waals surface area contributed by atoms with Gasteiger partial charge in [-0.2, -0.15) is 0 Å². The molecule has 1 unspecified atom stereocenters. The van der Waals surface area contributed by atoms with E-state index in [-0.39, 0.29) is 12.0 Å². The number of nitrogens with zero attached hydrogens (tertiary/aromatic N) is 2. The molecule has 0 radical (unpaired) electrons. The number of piperazine rings is 1. The second-order valence-corrected chi connectivity index (χ2v) is 6.35. The van der Waals surface area contributed by atoms with Crippen LogP contribution in [0, 0.1) is 13.8 Å². The van der Waals surface area contributed by atoms with Crippen molar-refractivity contribution in [3.8, 4) is 5.75 Å². The molecule has 1 heterocycles. The highest BCUT2D eigenvalue weighted by Gasteiger charge is 2.29. The topological polar surface area (TPSA) is 59.1 Å². The molecule has 1 aromatic carbocycles. The van der Waals surface area contributed by atoms with E-state index in [2.05, 4.69) is 6.07 Å². The van der Waals surface area contributed by atoms with Gasteiger partial charge < -0.3 is 19.3 Å². The van der Waals surface area contributed by atoms with Gasteiger partial charge in [-0.3, -0.25) is 4.79 Å². The van der Waals surface area contributed by atoms with Crippen LogP contribution in [0.15, 0.2) is 18.2 Å². The molecule has 0 spiro atoms. The van der Waals surface area contributed by atoms with Gasteiger partial charge in [-0.1, -0.05) is 13.0 Å². The van der Waals surface area contributed by atoms with Gasteiger partial charge in [0.2, 0.25) is 0 Å². The predicted octanol–water partition coefficient (Wildman–Crippen LogP) is 2.76. The lowest BCUT2D eigenvalue weighted by Crippen LogP contribution is -2.53. The van der Waals surface area contributed by atoms with Crippen LogP contribution in [-0.4, -0.2) is 60.7 Å². The van der Waals surface area contributed by atoms with Crippen molar-refractivity contribution in [2.24, 2.45) is 0 Å². The SMILES string of the molecule is CCOC(=O)N1CCN(C(=O)C(CC)Oc2cc(C)cc(C)c2)CC1. The first-order valence-corrected chi connectivity index (χ1v) is 8.90. The summed E-state index contributed by atoms with van der Waals surface area (Å²) < 4.78 is 11.0. The van der Waals surface area contributed by atoms with Crippen LogP contribution in [0.1, 0.15) is 31.4 Å². The maximum Gasteiger partial charge on any atom is 0.409 e. The number of ether oxygens (including phenoxy) is 2. The van der Waals surface area contributed by atoms with E-state index in [0.29, 0.717) is 39.2 Å². The standard InChI is InChI=1S/C19H28N2O4/c1-5-17(25-16-12-14(3)11-15(4)13-16)18(22)20-7-9-21(10-8-20)19(23)24-6-2/h11-13,17H,5-10H2,1-4H3. The fourth-order valence-electron chi connectivity index (χ4n) is 3.00. The van der Waals surface area contributed by atoms with E-state index in [1.165, 1.54) is 0 Å². The summed E-state index contributed by atoms with van der Waals surface area (Å²) in [6, 6.07) is 5.97. The first kappa shape index (κ1) is 19.1. The quantitative estimate of drug-likeness (QED) is 0.821. The number of carbonyl (C=O) groups excluding carboxylic acids is 2. The Kier molecular flexibility index (Phi) is 6.67. The molecule has 0 aliphatic carbocycles. The molecule has 25 heavy (non-hydrogen) atoms. The van der Waals surface area contributed by atoms with E-state index < -0.39 is 6.10 Å². The van der Waals surface area contributed by atoms with Crippen LogP contribution in [0.2, 0.25) is 0 Å². The van der Waals surface area contributed by atoms with Crippen molar-refractivity contribution in [2.45, 2.75) is 40.2 Å². The molecular formula is C19H28N2O4. The Morgan fingerprint density at radius 3 is 2.08 bits per heavy atom. The van der Waals surface area contributed by atoms with Crippen LogP contribution in [-0.2, 0) is 9.53 Å². The van der Waals surface area contributed by atoms with Gasteiger partial charge in [0.25, 0.3) is 5.91 Å². The van der Waals surface area contributed by atoms with Gasteiger partial charge in [0.1, 0.15) is 5.75 Å². The van der Waals surface area contributed by atoms with Crippen molar-refractivity contribution in [3.63, 3.8) is 0 Å². The van der Waals surface area contributed by atoms with Crippen LogP contribution in [0.4, 0.5) is 4.79 Å². The Bertz CT molecular complexity index is 589. The molecule has 138 valence electrons. The summed E-state index contributed by atoms with van der Waals surface area (Å²) in [5.74, 6) is 0.702. The van der Waals surface area contributed by atoms with Crippen molar-refractivity contribution < 1.29 is 19.1 Å². The summed E-state index contributed by atoms with van der Waals surface area (Å²) >= 11 is 0. The van der Waals surface area contributed by atoms with Crippen LogP contribution < -0.4 is 4.74 Å². The van der Waals surface area contributed by atoms with E-state index in [0.717, 1.165) is 16.9 Å². The molecule has 1 aliphatic rings. The maximum absolute atomic E-state index is 12.8. The van der Waals surface area contributed by atoms with Gasteiger partial charge >= 0.3 is 6.09 Å². The number of hydrogen-bond donors (Lipinski definition) is 0. The molecule has 2 amide bonds. The monoisotopic (exact) mass is 348 g/mol. The number of amides is 2. The lowest BCUT2D eigenvalue weighted by molar-refractivity contribution is -0.140. The highest BCUT2D eigenvalue weighted by atomic mass is 16.6. The number of benzene rings is 1. The molecule has 2 rings (SSSR count). The molecule has 1 saturated heterocycles. The van der Waals surface area contributed by atoms with E-state index in [1.807, 2.05) is 32.9 Å². The molecule has 6 heteroatoms. The second-order valence-electron chi connectivity index (χ2n) is 6.35. The Morgan fingerprint density at radius 2 is 1.56 bits per heavy atom. The molecule has 1 fully saturated rings. The van der Waals surface area contributed by atoms with Gasteiger partial charge in [-0.25, -0.2) is 4.79 Å². The second kappa shape index (κ2) is 8.74. The number of rotatable bonds is 5. The summed E-state index contributed by atoms with van der Waals surface area (Å²) in [4.78, 5) is 27.9. The zero-order valence-electron chi connectivity index (χ0n) is 15.6. The first-order valence-electron chi connectivity index (χ1n) is 8.90. The Hall–Kier alpha value is -2.24. The highest BCUT2D eigenvalue weighted by molar-refractivity contribution is 5.81. The summed E-state index contributed by atoms with van der Waals surface area (Å²) in [7, 11) is 0. The predicted molar refractivity (Wildman–Crippen MR) is 95.8 cm³/mol. The summed E-state index contributed by atoms with van der Waals surface area (Å²) in [5, 5.41) is 0. The van der Waals surface area contributed by atoms with E-state index >= 15 is 0 Å². The molecule has 0 saturated carbocycles. The zero-order valence-corrected chi connectivity index (χ0v) is 15.6. The molecule has 1 aliphatic heterocycles. The van der Waals surface area contributed by atoms with Gasteiger partial charge in [0.05, 0.1) is 6.61 Å². The average molecular weight is 348 g/mol. The lowest BCUT2D eigenvalue weighted by atomic mass is 10.1. The third kappa shape index (κ3) is 5.11. The number of carbonyl (C=O) groups is 2. The fourth-order valence-corrected chi connectivity index (χ4v) is 3.00. The number of hydrogen-bond acceptors (Lipinski definition) is 4. The Morgan fingerprint density at radius 1 is 1.00 bits per heavy atom. The minimum Gasteiger partial charge on any atom is -0.481 e. The van der Waals surface area contributed by atoms with Crippen molar-refractivity contribution >= 4 is 12.0 Å². The van der Waals surface area contributed by atoms with Gasteiger partial charge in [0, 0.05) is 26.2 Å². The Labute approximate surface area is 149 Å². The molecule has 0 bridgehead atoms. The van der Waals surface area contributed by atoms with Gasteiger partial charge in [-0.05, 0) is 50.5 Å².